The average molecular weight is 178 g/mol. The first kappa shape index (κ1) is 9.90. The normalized spacial score (nSPS) is 22.1. The summed E-state index contributed by atoms with van der Waals surface area (Å²) in [6, 6.07) is 0. The summed E-state index contributed by atoms with van der Waals surface area (Å²) in [6.45, 7) is 9.27. The molecule has 0 N–H and O–H groups in total. The van der Waals surface area contributed by atoms with Gasteiger partial charge in [0.1, 0.15) is 0 Å². The number of allylic oxidation sites excluding steroid dienone is 3. The Balaban J connectivity index is 3.31. The molecule has 0 heterocycles. The van der Waals surface area contributed by atoms with Gasteiger partial charge in [0.15, 0.2) is 0 Å². The number of hydrogen-bond donors (Lipinski definition) is 0. The number of Topliss-reactive ketones (excluding diaryl/α,β-unsaturated/α-hetero) is 2. The van der Waals surface area contributed by atoms with E-state index in [0.717, 1.165) is 5.57 Å². The molecule has 1 rings (SSSR count). The molecule has 0 spiro atoms. The predicted octanol–water partition coefficient (Wildman–Crippen LogP) is 2.06. The van der Waals surface area contributed by atoms with E-state index in [4.69, 9.17) is 0 Å². The zero-order valence-corrected chi connectivity index (χ0v) is 8.31. The van der Waals surface area contributed by atoms with E-state index in [9.17, 15) is 9.59 Å². The van der Waals surface area contributed by atoms with Crippen molar-refractivity contribution in [2.45, 2.75) is 27.2 Å². The van der Waals surface area contributed by atoms with Crippen LogP contribution < -0.4 is 0 Å². The molecule has 0 aromatic carbocycles. The van der Waals surface area contributed by atoms with Gasteiger partial charge in [-0.1, -0.05) is 26.5 Å². The van der Waals surface area contributed by atoms with Crippen LogP contribution in [-0.2, 0) is 9.59 Å². The summed E-state index contributed by atoms with van der Waals surface area (Å²) < 4.78 is 0. The zero-order chi connectivity index (χ0) is 10.2. The predicted molar refractivity (Wildman–Crippen MR) is 51.3 cm³/mol. The van der Waals surface area contributed by atoms with E-state index < -0.39 is 0 Å². The second-order valence-electron chi connectivity index (χ2n) is 4.06. The molecule has 1 aliphatic rings. The van der Waals surface area contributed by atoms with Crippen molar-refractivity contribution in [3.63, 3.8) is 0 Å². The molecule has 0 atom stereocenters. The number of carbonyl (C=O) groups is 2. The average Bonchev–Trinajstić information content (AvgIpc) is 2.00. The lowest BCUT2D eigenvalue weighted by Gasteiger charge is -2.30. The Morgan fingerprint density at radius 2 is 1.92 bits per heavy atom. The van der Waals surface area contributed by atoms with Crippen molar-refractivity contribution in [3.8, 4) is 0 Å². The summed E-state index contributed by atoms with van der Waals surface area (Å²) in [5, 5.41) is 0. The van der Waals surface area contributed by atoms with Crippen LogP contribution in [0.1, 0.15) is 27.2 Å². The van der Waals surface area contributed by atoms with Crippen LogP contribution in [-0.4, -0.2) is 11.6 Å². The second-order valence-corrected chi connectivity index (χ2v) is 4.06. The Morgan fingerprint density at radius 1 is 1.38 bits per heavy atom. The monoisotopic (exact) mass is 178 g/mol. The Kier molecular flexibility index (Phi) is 2.24. The van der Waals surface area contributed by atoms with Gasteiger partial charge in [0.25, 0.3) is 0 Å². The van der Waals surface area contributed by atoms with Gasteiger partial charge in [0.05, 0.1) is 0 Å². The fraction of sp³-hybridized carbons (Fsp3) is 0.455. The van der Waals surface area contributed by atoms with Crippen molar-refractivity contribution in [2.24, 2.45) is 5.41 Å². The third-order valence-electron chi connectivity index (χ3n) is 2.53. The molecule has 70 valence electrons. The second kappa shape index (κ2) is 2.95. The summed E-state index contributed by atoms with van der Waals surface area (Å²) in [5.74, 6) is -0.637. The highest BCUT2D eigenvalue weighted by Gasteiger charge is 2.36. The minimum absolute atomic E-state index is 0.239. The molecule has 0 aromatic rings. The Bertz CT molecular complexity index is 319. The molecule has 0 fully saturated rings. The number of carbonyl (C=O) groups excluding carboxylic acids is 2. The van der Waals surface area contributed by atoms with Crippen LogP contribution >= 0.6 is 0 Å². The largest absolute Gasteiger partial charge is 0.290 e. The first-order valence-electron chi connectivity index (χ1n) is 4.31. The highest BCUT2D eigenvalue weighted by molar-refractivity contribution is 6.44. The van der Waals surface area contributed by atoms with Crippen molar-refractivity contribution in [2.75, 3.05) is 0 Å². The van der Waals surface area contributed by atoms with E-state index in [1.807, 2.05) is 13.8 Å². The van der Waals surface area contributed by atoms with Gasteiger partial charge >= 0.3 is 0 Å². The Morgan fingerprint density at radius 3 is 2.38 bits per heavy atom. The van der Waals surface area contributed by atoms with Crippen LogP contribution in [0.2, 0.25) is 0 Å². The zero-order valence-electron chi connectivity index (χ0n) is 8.31. The van der Waals surface area contributed by atoms with Crippen LogP contribution in [0, 0.1) is 5.41 Å². The van der Waals surface area contributed by atoms with Crippen molar-refractivity contribution < 1.29 is 9.59 Å². The molecule has 0 aliphatic heterocycles. The van der Waals surface area contributed by atoms with Gasteiger partial charge in [-0.3, -0.25) is 9.59 Å². The molecule has 13 heavy (non-hydrogen) atoms. The standard InChI is InChI=1S/C11H14O2/c1-5-8-7(2)10(13)9(12)6-11(8,3)4/h5H,1,6H2,2-4H3. The molecule has 1 aliphatic carbocycles. The quantitative estimate of drug-likeness (QED) is 0.576. The lowest BCUT2D eigenvalue weighted by Crippen LogP contribution is -2.32. The van der Waals surface area contributed by atoms with E-state index in [1.165, 1.54) is 0 Å². The van der Waals surface area contributed by atoms with E-state index >= 15 is 0 Å². The van der Waals surface area contributed by atoms with Crippen molar-refractivity contribution in [1.82, 2.24) is 0 Å². The van der Waals surface area contributed by atoms with Gasteiger partial charge in [0.2, 0.25) is 11.6 Å². The maximum Gasteiger partial charge on any atom is 0.224 e. The summed E-state index contributed by atoms with van der Waals surface area (Å²) in [4.78, 5) is 22.6. The lowest BCUT2D eigenvalue weighted by atomic mass is 9.72. The summed E-state index contributed by atoms with van der Waals surface area (Å²) >= 11 is 0. The molecule has 2 nitrogen and oxygen atoms in total. The fourth-order valence-electron chi connectivity index (χ4n) is 1.85. The molecular weight excluding hydrogens is 164 g/mol. The Labute approximate surface area is 78.3 Å². The smallest absolute Gasteiger partial charge is 0.224 e. The maximum absolute atomic E-state index is 11.3. The van der Waals surface area contributed by atoms with Crippen LogP contribution in [0.25, 0.3) is 0 Å². The van der Waals surface area contributed by atoms with Crippen LogP contribution in [0.4, 0.5) is 0 Å². The minimum Gasteiger partial charge on any atom is -0.290 e. The third-order valence-corrected chi connectivity index (χ3v) is 2.53. The SMILES string of the molecule is C=CC1=C(C)C(=O)C(=O)CC1(C)C. The van der Waals surface area contributed by atoms with Gasteiger partial charge in [-0.2, -0.15) is 0 Å². The van der Waals surface area contributed by atoms with Crippen molar-refractivity contribution in [1.29, 1.82) is 0 Å². The van der Waals surface area contributed by atoms with Gasteiger partial charge in [-0.15, -0.1) is 0 Å². The van der Waals surface area contributed by atoms with E-state index in [0.29, 0.717) is 12.0 Å². The molecule has 0 saturated carbocycles. The first-order chi connectivity index (χ1) is 5.90. The molecule has 0 bridgehead atoms. The van der Waals surface area contributed by atoms with Crippen molar-refractivity contribution >= 4 is 11.6 Å². The minimum atomic E-state index is -0.353. The lowest BCUT2D eigenvalue weighted by molar-refractivity contribution is -0.136. The summed E-state index contributed by atoms with van der Waals surface area (Å²) in [7, 11) is 0. The third kappa shape index (κ3) is 1.48. The highest BCUT2D eigenvalue weighted by Crippen LogP contribution is 2.37. The molecule has 0 amide bonds. The molecule has 2 heteroatoms. The highest BCUT2D eigenvalue weighted by atomic mass is 16.2. The fourth-order valence-corrected chi connectivity index (χ4v) is 1.85. The molecule has 0 radical (unpaired) electrons. The summed E-state index contributed by atoms with van der Waals surface area (Å²) in [5.41, 5.74) is 1.21. The number of hydrogen-bond acceptors (Lipinski definition) is 2. The molecular formula is C11H14O2. The van der Waals surface area contributed by atoms with E-state index in [1.54, 1.807) is 13.0 Å². The van der Waals surface area contributed by atoms with Crippen LogP contribution in [0.15, 0.2) is 23.8 Å². The molecule has 0 saturated heterocycles. The summed E-state index contributed by atoms with van der Waals surface area (Å²) in [6.07, 6.45) is 1.98. The first-order valence-corrected chi connectivity index (χ1v) is 4.31. The van der Waals surface area contributed by atoms with Gasteiger partial charge in [-0.25, -0.2) is 0 Å². The van der Waals surface area contributed by atoms with Gasteiger partial charge < -0.3 is 0 Å². The van der Waals surface area contributed by atoms with E-state index in [2.05, 4.69) is 6.58 Å². The van der Waals surface area contributed by atoms with E-state index in [-0.39, 0.29) is 17.0 Å². The topological polar surface area (TPSA) is 34.1 Å². The van der Waals surface area contributed by atoms with Gasteiger partial charge in [-0.05, 0) is 17.9 Å². The van der Waals surface area contributed by atoms with Crippen LogP contribution in [0.5, 0.6) is 0 Å². The maximum atomic E-state index is 11.3. The van der Waals surface area contributed by atoms with Crippen LogP contribution in [0.3, 0.4) is 0 Å². The Hall–Kier alpha value is -1.18. The van der Waals surface area contributed by atoms with Gasteiger partial charge in [0, 0.05) is 12.0 Å². The number of rotatable bonds is 1. The number of ketones is 2. The molecule has 0 aromatic heterocycles. The molecule has 0 unspecified atom stereocenters. The van der Waals surface area contributed by atoms with Crippen molar-refractivity contribution in [3.05, 3.63) is 23.8 Å².